The summed E-state index contributed by atoms with van der Waals surface area (Å²) < 4.78 is 41.5. The first kappa shape index (κ1) is 77.4. The van der Waals surface area contributed by atoms with Gasteiger partial charge in [-0.2, -0.15) is 0 Å². The lowest BCUT2D eigenvalue weighted by Gasteiger charge is -2.41. The van der Waals surface area contributed by atoms with Crippen LogP contribution in [-0.2, 0) is 65.4 Å². The molecule has 10 nitrogen and oxygen atoms in total. The third kappa shape index (κ3) is 16.9. The van der Waals surface area contributed by atoms with E-state index in [0.29, 0.717) is 98.8 Å². The smallest absolute Gasteiger partial charge is 0.397 e. The zero-order valence-corrected chi connectivity index (χ0v) is 68.1. The molecule has 0 aromatic heterocycles. The Morgan fingerprint density at radius 2 is 0.524 bits per heavy atom. The van der Waals surface area contributed by atoms with Crippen molar-refractivity contribution in [1.82, 2.24) is 0 Å². The molecule has 0 atom stereocenters. The monoisotopic (exact) mass is 1440 g/mol. The van der Waals surface area contributed by atoms with E-state index >= 15 is 0 Å². The van der Waals surface area contributed by atoms with Crippen LogP contribution in [-0.4, -0.2) is 46.9 Å². The maximum atomic E-state index is 12.1. The van der Waals surface area contributed by atoms with Gasteiger partial charge in [0.25, 0.3) is 0 Å². The average molecular weight is 1440 g/mol. The minimum absolute atomic E-state index is 0.260. The molecule has 0 radical (unpaired) electrons. The molecule has 6 aromatic rings. The van der Waals surface area contributed by atoms with Crippen LogP contribution >= 0.6 is 17.2 Å². The molecule has 12 heteroatoms. The van der Waals surface area contributed by atoms with Crippen LogP contribution in [0.1, 0.15) is 358 Å². The van der Waals surface area contributed by atoms with Gasteiger partial charge in [0.2, 0.25) is 0 Å². The summed E-state index contributed by atoms with van der Waals surface area (Å²) >= 11 is 0. The molecule has 0 unspecified atom stereocenters. The maximum Gasteiger partial charge on any atom is 0.397 e. The molecule has 4 N–H and O–H groups in total. The van der Waals surface area contributed by atoms with E-state index < -0.39 is 22.6 Å². The number of phenolic OH excluding ortho intramolecular Hbond substituents is 4. The SMILES string of the molecule is Cc1c(Cc2cc(C3CCCCC3)c(O)c(C(C)(C)C)c2)c(C)c(OP2OCC3(CO2)COP(Oc2c(C)c(Cc4cc(C5CCCCC5)c(O)c(C(C)(C)C)c4)c(C)c(Cc4cc(C5CCCCC5)c(O)c(C(C)(C)C)c4)c2C)OC3)c(C)c1Cc1cc(C2CCCCC2)c(O)c(C(C)(C)C)c1. The molecule has 2 saturated heterocycles. The lowest BCUT2D eigenvalue weighted by atomic mass is 9.77. The number of hydrogen-bond donors (Lipinski definition) is 4. The Bertz CT molecular complexity index is 3540. The highest BCUT2D eigenvalue weighted by molar-refractivity contribution is 7.42. The normalized spacial score (nSPS) is 21.2. The second-order valence-electron chi connectivity index (χ2n) is 36.9. The second kappa shape index (κ2) is 31.2. The second-order valence-corrected chi connectivity index (χ2v) is 39.2. The van der Waals surface area contributed by atoms with E-state index in [1.807, 2.05) is 0 Å². The zero-order chi connectivity index (χ0) is 73.8. The van der Waals surface area contributed by atoms with Crippen molar-refractivity contribution < 1.29 is 47.6 Å². The van der Waals surface area contributed by atoms with Crippen LogP contribution in [0.15, 0.2) is 48.5 Å². The van der Waals surface area contributed by atoms with Gasteiger partial charge in [0, 0.05) is 0 Å². The minimum atomic E-state index is -1.84. The van der Waals surface area contributed by atoms with Crippen molar-refractivity contribution in [2.45, 2.75) is 324 Å². The van der Waals surface area contributed by atoms with E-state index in [1.165, 1.54) is 133 Å². The lowest BCUT2D eigenvalue weighted by Crippen LogP contribution is -2.45. The molecule has 6 aliphatic rings. The number of hydrogen-bond acceptors (Lipinski definition) is 10. The van der Waals surface area contributed by atoms with Crippen LogP contribution in [0.4, 0.5) is 0 Å². The van der Waals surface area contributed by atoms with Gasteiger partial charge in [0.15, 0.2) is 0 Å². The van der Waals surface area contributed by atoms with E-state index in [2.05, 4.69) is 173 Å². The third-order valence-corrected chi connectivity index (χ3v) is 27.0. The molecule has 2 heterocycles. The number of benzene rings is 6. The van der Waals surface area contributed by atoms with Crippen molar-refractivity contribution in [3.05, 3.63) is 171 Å². The summed E-state index contributed by atoms with van der Waals surface area (Å²) in [4.78, 5) is 0. The Morgan fingerprint density at radius 3 is 0.718 bits per heavy atom. The summed E-state index contributed by atoms with van der Waals surface area (Å²) in [5, 5.41) is 48.4. The van der Waals surface area contributed by atoms with Gasteiger partial charge in [-0.3, -0.25) is 0 Å². The molecule has 6 fully saturated rings. The molecule has 560 valence electrons. The van der Waals surface area contributed by atoms with Crippen LogP contribution in [0.5, 0.6) is 34.5 Å². The minimum Gasteiger partial charge on any atom is -0.507 e. The van der Waals surface area contributed by atoms with Crippen LogP contribution in [0.25, 0.3) is 0 Å². The first-order chi connectivity index (χ1) is 48.7. The molecule has 2 aliphatic heterocycles. The molecule has 103 heavy (non-hydrogen) atoms. The van der Waals surface area contributed by atoms with Crippen molar-refractivity contribution in [1.29, 1.82) is 0 Å². The summed E-state index contributed by atoms with van der Waals surface area (Å²) in [7, 11) is -3.68. The van der Waals surface area contributed by atoms with E-state index in [1.54, 1.807) is 0 Å². The predicted molar refractivity (Wildman–Crippen MR) is 424 cm³/mol. The Hall–Kier alpha value is -5.18. The fourth-order valence-corrected chi connectivity index (χ4v) is 21.3. The van der Waals surface area contributed by atoms with Gasteiger partial charge < -0.3 is 47.6 Å². The number of phenols is 4. The molecular formula is C91H126O10P2. The summed E-state index contributed by atoms with van der Waals surface area (Å²) in [5.41, 5.74) is 23.1. The number of rotatable bonds is 16. The summed E-state index contributed by atoms with van der Waals surface area (Å²) in [6, 6.07) is 18.3. The fraction of sp³-hybridized carbons (Fsp3) is 0.604. The maximum absolute atomic E-state index is 12.1. The van der Waals surface area contributed by atoms with Crippen LogP contribution in [0, 0.1) is 47.0 Å². The Balaban J connectivity index is 0.842. The van der Waals surface area contributed by atoms with E-state index in [0.717, 1.165) is 130 Å². The average Bonchev–Trinajstić information content (AvgIpc) is 0.431. The van der Waals surface area contributed by atoms with Gasteiger partial charge >= 0.3 is 17.2 Å². The van der Waals surface area contributed by atoms with Gasteiger partial charge in [0.1, 0.15) is 34.5 Å². The first-order valence-corrected chi connectivity index (χ1v) is 42.0. The lowest BCUT2D eigenvalue weighted by molar-refractivity contribution is -0.0673. The first-order valence-electron chi connectivity index (χ1n) is 39.8. The van der Waals surface area contributed by atoms with Crippen LogP contribution in [0.3, 0.4) is 0 Å². The van der Waals surface area contributed by atoms with E-state index in [4.69, 9.17) is 27.1 Å². The Labute approximate surface area is 622 Å². The van der Waals surface area contributed by atoms with Crippen molar-refractivity contribution in [2.24, 2.45) is 5.41 Å². The molecule has 0 amide bonds. The van der Waals surface area contributed by atoms with Gasteiger partial charge in [0.05, 0.1) is 31.8 Å². The fourth-order valence-electron chi connectivity index (χ4n) is 18.6. The van der Waals surface area contributed by atoms with E-state index in [-0.39, 0.29) is 21.7 Å². The third-order valence-electron chi connectivity index (χ3n) is 25.0. The Morgan fingerprint density at radius 1 is 0.320 bits per heavy atom. The van der Waals surface area contributed by atoms with Gasteiger partial charge in [-0.05, 0) is 286 Å². The highest BCUT2D eigenvalue weighted by Gasteiger charge is 2.46. The largest absolute Gasteiger partial charge is 0.507 e. The van der Waals surface area contributed by atoms with Crippen molar-refractivity contribution in [3.63, 3.8) is 0 Å². The van der Waals surface area contributed by atoms with Gasteiger partial charge in [-0.25, -0.2) is 0 Å². The molecule has 1 spiro atoms. The standard InChI is InChI=1S/C91H126O10P2/c1-55-69(39-61-43-73(65-31-23-19-24-32-65)81(92)77(47-61)87(7,8)9)57(3)85(58(4)70(55)40-62-44-74(66-33-25-20-26-34-66)82(93)78(48-62)88(10,11)12)100-102-96-51-91(52-97-102)53-98-103(99-54-91)101-86-59(5)71(41-63-45-75(67-35-27-21-28-36-67)83(94)79(49-63)89(13,14)15)56(2)72(60(86)6)42-64-46-76(68-37-29-22-30-38-68)84(95)80(50-64)90(16,17)18/h43-50,65-68,92-95H,19-42,51-54H2,1-18H3. The molecule has 12 rings (SSSR count). The molecule has 4 aliphatic carbocycles. The van der Waals surface area contributed by atoms with E-state index in [9.17, 15) is 20.4 Å². The molecular weight excluding hydrogens is 1310 g/mol. The zero-order valence-electron chi connectivity index (χ0n) is 66.4. The van der Waals surface area contributed by atoms with Gasteiger partial charge in [-0.1, -0.05) is 209 Å². The van der Waals surface area contributed by atoms with Crippen molar-refractivity contribution >= 4 is 17.2 Å². The summed E-state index contributed by atoms with van der Waals surface area (Å²) in [6.45, 7) is 41.2. The van der Waals surface area contributed by atoms with Gasteiger partial charge in [-0.15, -0.1) is 0 Å². The van der Waals surface area contributed by atoms with Crippen LogP contribution < -0.4 is 9.05 Å². The predicted octanol–water partition coefficient (Wildman–Crippen LogP) is 25.1. The molecule has 6 aromatic carbocycles. The highest BCUT2D eigenvalue weighted by Crippen LogP contribution is 2.57. The highest BCUT2D eigenvalue weighted by atomic mass is 31.2. The Kier molecular flexibility index (Phi) is 23.4. The summed E-state index contributed by atoms with van der Waals surface area (Å²) in [5.74, 6) is 4.75. The number of aromatic hydroxyl groups is 4. The molecule has 0 bridgehead atoms. The quantitative estimate of drug-likeness (QED) is 0.0694. The molecule has 4 saturated carbocycles. The van der Waals surface area contributed by atoms with Crippen molar-refractivity contribution in [2.75, 3.05) is 26.4 Å². The summed E-state index contributed by atoms with van der Waals surface area (Å²) in [6.07, 6.45) is 25.9. The van der Waals surface area contributed by atoms with Crippen LogP contribution in [0.2, 0.25) is 0 Å². The van der Waals surface area contributed by atoms with Crippen molar-refractivity contribution in [3.8, 4) is 34.5 Å². The topological polar surface area (TPSA) is 136 Å².